The molecule has 12 heavy (non-hydrogen) atoms. The summed E-state index contributed by atoms with van der Waals surface area (Å²) < 4.78 is 1.55. The molecule has 1 aromatic rings. The summed E-state index contributed by atoms with van der Waals surface area (Å²) >= 11 is 0. The van der Waals surface area contributed by atoms with Crippen molar-refractivity contribution in [3.8, 4) is 0 Å². The van der Waals surface area contributed by atoms with Gasteiger partial charge in [-0.25, -0.2) is 0 Å². The van der Waals surface area contributed by atoms with Crippen LogP contribution >= 0.6 is 0 Å². The van der Waals surface area contributed by atoms with Crippen molar-refractivity contribution < 1.29 is 4.79 Å². The number of hydrogen-bond donors (Lipinski definition) is 1. The number of carbonyl (C=O) groups is 1. The van der Waals surface area contributed by atoms with Crippen LogP contribution < -0.4 is 5.32 Å². The molecule has 0 aliphatic carbocycles. The summed E-state index contributed by atoms with van der Waals surface area (Å²) in [6.07, 6.45) is 3.88. The molecule has 0 saturated carbocycles. The van der Waals surface area contributed by atoms with E-state index in [-0.39, 0.29) is 0 Å². The summed E-state index contributed by atoms with van der Waals surface area (Å²) in [5, 5.41) is 10.1. The number of carbonyl (C=O) groups excluding carboxylic acids is 1. The summed E-state index contributed by atoms with van der Waals surface area (Å²) in [7, 11) is 1.80. The van der Waals surface area contributed by atoms with Gasteiger partial charge >= 0.3 is 0 Å². The SMILES string of the molecule is CN/C(C)=C\n1cnnc1C=O. The topological polar surface area (TPSA) is 59.8 Å². The predicted molar refractivity (Wildman–Crippen MR) is 44.4 cm³/mol. The molecular formula is C7H10N4O. The van der Waals surface area contributed by atoms with Crippen molar-refractivity contribution in [1.29, 1.82) is 0 Å². The Hall–Kier alpha value is -1.65. The second kappa shape index (κ2) is 3.66. The Morgan fingerprint density at radius 3 is 3.08 bits per heavy atom. The van der Waals surface area contributed by atoms with Gasteiger partial charge in [0.1, 0.15) is 6.33 Å². The highest BCUT2D eigenvalue weighted by molar-refractivity contribution is 5.70. The molecule has 0 amide bonds. The third kappa shape index (κ3) is 1.69. The Balaban J connectivity index is 2.95. The fraction of sp³-hybridized carbons (Fsp3) is 0.286. The normalized spacial score (nSPS) is 11.3. The molecule has 1 N–H and O–H groups in total. The highest BCUT2D eigenvalue weighted by atomic mass is 16.1. The van der Waals surface area contributed by atoms with Gasteiger partial charge in [0.05, 0.1) is 0 Å². The standard InChI is InChI=1S/C7H10N4O/c1-6(8-2)3-11-5-9-10-7(11)4-12/h3-5,8H,1-2H3/b6-3-. The fourth-order valence-corrected chi connectivity index (χ4v) is 0.708. The van der Waals surface area contributed by atoms with Crippen LogP contribution in [0.25, 0.3) is 6.20 Å². The van der Waals surface area contributed by atoms with E-state index in [1.807, 2.05) is 6.92 Å². The molecule has 0 radical (unpaired) electrons. The fourth-order valence-electron chi connectivity index (χ4n) is 0.708. The van der Waals surface area contributed by atoms with E-state index in [1.165, 1.54) is 6.33 Å². The van der Waals surface area contributed by atoms with Crippen molar-refractivity contribution in [1.82, 2.24) is 20.1 Å². The van der Waals surface area contributed by atoms with Gasteiger partial charge in [-0.2, -0.15) is 0 Å². The summed E-state index contributed by atoms with van der Waals surface area (Å²) in [6.45, 7) is 1.88. The first-order valence-corrected chi connectivity index (χ1v) is 3.48. The molecule has 0 unspecified atom stereocenters. The Bertz CT molecular complexity index is 302. The number of aromatic nitrogens is 3. The summed E-state index contributed by atoms with van der Waals surface area (Å²) in [5.74, 6) is 0.296. The van der Waals surface area contributed by atoms with Gasteiger partial charge in [0, 0.05) is 18.9 Å². The molecule has 5 nitrogen and oxygen atoms in total. The minimum absolute atomic E-state index is 0.296. The van der Waals surface area contributed by atoms with Crippen molar-refractivity contribution in [2.45, 2.75) is 6.92 Å². The largest absolute Gasteiger partial charge is 0.390 e. The maximum Gasteiger partial charge on any atom is 0.200 e. The predicted octanol–water partition coefficient (Wildman–Crippen LogP) is 0.128. The lowest BCUT2D eigenvalue weighted by molar-refractivity contribution is 0.111. The molecule has 0 aromatic carbocycles. The van der Waals surface area contributed by atoms with E-state index < -0.39 is 0 Å². The lowest BCUT2D eigenvalue weighted by atomic mass is 10.5. The number of allylic oxidation sites excluding steroid dienone is 1. The molecule has 1 aromatic heterocycles. The van der Waals surface area contributed by atoms with Crippen molar-refractivity contribution in [2.75, 3.05) is 7.05 Å². The molecular weight excluding hydrogens is 156 g/mol. The van der Waals surface area contributed by atoms with Gasteiger partial charge in [0.25, 0.3) is 0 Å². The average molecular weight is 166 g/mol. The number of nitrogens with zero attached hydrogens (tertiary/aromatic N) is 3. The van der Waals surface area contributed by atoms with Gasteiger partial charge in [0.15, 0.2) is 6.29 Å². The molecule has 64 valence electrons. The van der Waals surface area contributed by atoms with Crippen LogP contribution in [0.15, 0.2) is 12.0 Å². The van der Waals surface area contributed by atoms with E-state index in [9.17, 15) is 4.79 Å². The first-order valence-electron chi connectivity index (χ1n) is 3.48. The Morgan fingerprint density at radius 1 is 1.75 bits per heavy atom. The van der Waals surface area contributed by atoms with Gasteiger partial charge < -0.3 is 5.32 Å². The molecule has 0 aliphatic rings. The van der Waals surface area contributed by atoms with E-state index in [0.29, 0.717) is 12.1 Å². The van der Waals surface area contributed by atoms with E-state index in [0.717, 1.165) is 5.70 Å². The second-order valence-electron chi connectivity index (χ2n) is 2.28. The van der Waals surface area contributed by atoms with Crippen LogP contribution in [0, 0.1) is 0 Å². The van der Waals surface area contributed by atoms with E-state index >= 15 is 0 Å². The number of nitrogens with one attached hydrogen (secondary N) is 1. The monoisotopic (exact) mass is 166 g/mol. The van der Waals surface area contributed by atoms with Crippen LogP contribution in [0.5, 0.6) is 0 Å². The Kier molecular flexibility index (Phi) is 2.57. The number of aldehydes is 1. The minimum Gasteiger partial charge on any atom is -0.390 e. The van der Waals surface area contributed by atoms with E-state index in [2.05, 4.69) is 15.5 Å². The van der Waals surface area contributed by atoms with Crippen molar-refractivity contribution in [3.63, 3.8) is 0 Å². The van der Waals surface area contributed by atoms with E-state index in [1.54, 1.807) is 17.8 Å². The number of hydrogen-bond acceptors (Lipinski definition) is 4. The molecule has 5 heteroatoms. The zero-order chi connectivity index (χ0) is 8.97. The van der Waals surface area contributed by atoms with Crippen LogP contribution in [0.1, 0.15) is 17.5 Å². The molecule has 0 atom stereocenters. The molecule has 0 aliphatic heterocycles. The zero-order valence-corrected chi connectivity index (χ0v) is 6.98. The van der Waals surface area contributed by atoms with Gasteiger partial charge in [-0.05, 0) is 6.92 Å². The van der Waals surface area contributed by atoms with Crippen LogP contribution in [-0.4, -0.2) is 28.1 Å². The first kappa shape index (κ1) is 8.45. The maximum atomic E-state index is 10.4. The van der Waals surface area contributed by atoms with Gasteiger partial charge in [-0.1, -0.05) is 0 Å². The highest BCUT2D eigenvalue weighted by Crippen LogP contribution is 1.95. The third-order valence-electron chi connectivity index (χ3n) is 1.43. The molecule has 1 rings (SSSR count). The molecule has 0 saturated heterocycles. The third-order valence-corrected chi connectivity index (χ3v) is 1.43. The Morgan fingerprint density at radius 2 is 2.50 bits per heavy atom. The van der Waals surface area contributed by atoms with Crippen molar-refractivity contribution in [3.05, 3.63) is 17.8 Å². The lowest BCUT2D eigenvalue weighted by Crippen LogP contribution is -2.04. The van der Waals surface area contributed by atoms with Crippen LogP contribution in [-0.2, 0) is 0 Å². The highest BCUT2D eigenvalue weighted by Gasteiger charge is 1.98. The van der Waals surface area contributed by atoms with Gasteiger partial charge in [-0.15, -0.1) is 10.2 Å². The maximum absolute atomic E-state index is 10.4. The minimum atomic E-state index is 0.296. The second-order valence-corrected chi connectivity index (χ2v) is 2.28. The molecule has 1 heterocycles. The quantitative estimate of drug-likeness (QED) is 0.648. The Labute approximate surface area is 70.1 Å². The summed E-state index contributed by atoms with van der Waals surface area (Å²) in [4.78, 5) is 10.4. The van der Waals surface area contributed by atoms with Gasteiger partial charge in [0.2, 0.25) is 5.82 Å². The molecule has 0 spiro atoms. The van der Waals surface area contributed by atoms with Gasteiger partial charge in [-0.3, -0.25) is 9.36 Å². The smallest absolute Gasteiger partial charge is 0.200 e. The lowest BCUT2D eigenvalue weighted by Gasteiger charge is -1.98. The number of rotatable bonds is 3. The van der Waals surface area contributed by atoms with Crippen LogP contribution in [0.2, 0.25) is 0 Å². The van der Waals surface area contributed by atoms with Crippen LogP contribution in [0.4, 0.5) is 0 Å². The molecule has 0 fully saturated rings. The summed E-state index contributed by atoms with van der Waals surface area (Å²) in [6, 6.07) is 0. The van der Waals surface area contributed by atoms with E-state index in [4.69, 9.17) is 0 Å². The molecule has 0 bridgehead atoms. The summed E-state index contributed by atoms with van der Waals surface area (Å²) in [5.41, 5.74) is 0.929. The first-order chi connectivity index (χ1) is 5.77. The van der Waals surface area contributed by atoms with Crippen LogP contribution in [0.3, 0.4) is 0 Å². The zero-order valence-electron chi connectivity index (χ0n) is 6.98. The van der Waals surface area contributed by atoms with Crippen molar-refractivity contribution >= 4 is 12.5 Å². The van der Waals surface area contributed by atoms with Crippen molar-refractivity contribution in [2.24, 2.45) is 0 Å². The average Bonchev–Trinajstić information content (AvgIpc) is 2.51.